The molecule has 0 unspecified atom stereocenters. The molecule has 1 radical (unpaired) electrons. The molecule has 1 N–H and O–H groups in total. The number of halogens is 3. The van der Waals surface area contributed by atoms with Crippen molar-refractivity contribution < 1.29 is 18.7 Å². The Bertz CT molecular complexity index is 344. The van der Waals surface area contributed by atoms with Gasteiger partial charge in [0.25, 0.3) is 0 Å². The fraction of sp³-hybridized carbons (Fsp3) is 0. The van der Waals surface area contributed by atoms with Crippen molar-refractivity contribution in [3.05, 3.63) is 34.4 Å². The van der Waals surface area contributed by atoms with Gasteiger partial charge in [-0.15, -0.1) is 0 Å². The SMILES string of the molecule is O=C(O)c1cc(F)c(Cl)cc1F.[Na]. The quantitative estimate of drug-likeness (QED) is 0.574. The zero-order chi connectivity index (χ0) is 9.30. The van der Waals surface area contributed by atoms with Crippen molar-refractivity contribution >= 4 is 47.1 Å². The van der Waals surface area contributed by atoms with E-state index in [4.69, 9.17) is 16.7 Å². The Kier molecular flexibility index (Phi) is 4.85. The molecule has 0 aliphatic carbocycles. The van der Waals surface area contributed by atoms with Gasteiger partial charge in [-0.3, -0.25) is 0 Å². The van der Waals surface area contributed by atoms with Gasteiger partial charge in [-0.2, -0.15) is 0 Å². The van der Waals surface area contributed by atoms with Gasteiger partial charge in [0.2, 0.25) is 0 Å². The first kappa shape index (κ1) is 12.8. The van der Waals surface area contributed by atoms with Crippen LogP contribution in [0.4, 0.5) is 8.78 Å². The summed E-state index contributed by atoms with van der Waals surface area (Å²) >= 11 is 5.18. The molecule has 6 heteroatoms. The van der Waals surface area contributed by atoms with Crippen LogP contribution in [0.3, 0.4) is 0 Å². The maximum atomic E-state index is 12.6. The van der Waals surface area contributed by atoms with Crippen LogP contribution in [-0.4, -0.2) is 40.6 Å². The molecule has 0 atom stereocenters. The maximum absolute atomic E-state index is 12.6. The van der Waals surface area contributed by atoms with E-state index < -0.39 is 28.2 Å². The van der Waals surface area contributed by atoms with Gasteiger partial charge in [-0.25, -0.2) is 13.6 Å². The van der Waals surface area contributed by atoms with Crippen LogP contribution in [0.1, 0.15) is 10.4 Å². The molecule has 0 saturated heterocycles. The van der Waals surface area contributed by atoms with Crippen molar-refractivity contribution in [2.75, 3.05) is 0 Å². The molecule has 0 aromatic heterocycles. The van der Waals surface area contributed by atoms with E-state index >= 15 is 0 Å². The molecule has 1 rings (SSSR count). The Labute approximate surface area is 99.8 Å². The minimum atomic E-state index is -1.52. The van der Waals surface area contributed by atoms with E-state index in [-0.39, 0.29) is 29.6 Å². The van der Waals surface area contributed by atoms with Gasteiger partial charge in [0.1, 0.15) is 11.6 Å². The third kappa shape index (κ3) is 2.91. The molecule has 2 nitrogen and oxygen atoms in total. The summed E-state index contributed by atoms with van der Waals surface area (Å²) in [5.41, 5.74) is -0.725. The third-order valence-electron chi connectivity index (χ3n) is 1.24. The van der Waals surface area contributed by atoms with Crippen molar-refractivity contribution in [3.8, 4) is 0 Å². The normalized spacial score (nSPS) is 9.15. The predicted octanol–water partition coefficient (Wildman–Crippen LogP) is 1.94. The second-order valence-electron chi connectivity index (χ2n) is 2.05. The summed E-state index contributed by atoms with van der Waals surface area (Å²) in [4.78, 5) is 10.2. The van der Waals surface area contributed by atoms with Gasteiger partial charge in [0, 0.05) is 29.6 Å². The molecule has 0 saturated carbocycles. The molecule has 0 aliphatic rings. The largest absolute Gasteiger partial charge is 0.478 e. The van der Waals surface area contributed by atoms with Crippen molar-refractivity contribution in [2.45, 2.75) is 0 Å². The Morgan fingerprint density at radius 3 is 2.31 bits per heavy atom. The van der Waals surface area contributed by atoms with E-state index in [9.17, 15) is 13.6 Å². The minimum Gasteiger partial charge on any atom is -0.478 e. The minimum absolute atomic E-state index is 0. The monoisotopic (exact) mass is 215 g/mol. The molecule has 0 heterocycles. The first-order valence-electron chi connectivity index (χ1n) is 2.90. The first-order valence-corrected chi connectivity index (χ1v) is 3.28. The summed E-state index contributed by atoms with van der Waals surface area (Å²) in [7, 11) is 0. The number of carboxylic acids is 1. The first-order chi connectivity index (χ1) is 5.52. The Morgan fingerprint density at radius 1 is 1.31 bits per heavy atom. The zero-order valence-electron chi connectivity index (χ0n) is 6.64. The molecule has 0 spiro atoms. The molecule has 65 valence electrons. The molecule has 1 aromatic rings. The second kappa shape index (κ2) is 4.91. The smallest absolute Gasteiger partial charge is 0.338 e. The van der Waals surface area contributed by atoms with E-state index in [1.165, 1.54) is 0 Å². The molecule has 1 aromatic carbocycles. The van der Waals surface area contributed by atoms with Gasteiger partial charge in [-0.1, -0.05) is 11.6 Å². The average Bonchev–Trinajstić information content (AvgIpc) is 1.96. The van der Waals surface area contributed by atoms with Crippen molar-refractivity contribution in [3.63, 3.8) is 0 Å². The van der Waals surface area contributed by atoms with Crippen molar-refractivity contribution in [2.24, 2.45) is 0 Å². The number of hydrogen-bond acceptors (Lipinski definition) is 1. The number of carbonyl (C=O) groups is 1. The molecule has 13 heavy (non-hydrogen) atoms. The third-order valence-corrected chi connectivity index (χ3v) is 1.53. The van der Waals surface area contributed by atoms with Gasteiger partial charge < -0.3 is 5.11 Å². The van der Waals surface area contributed by atoms with Crippen molar-refractivity contribution in [1.29, 1.82) is 0 Å². The average molecular weight is 216 g/mol. The van der Waals surface area contributed by atoms with Crippen LogP contribution in [0.2, 0.25) is 5.02 Å². The maximum Gasteiger partial charge on any atom is 0.338 e. The van der Waals surface area contributed by atoms with Gasteiger partial charge in [-0.05, 0) is 12.1 Å². The van der Waals surface area contributed by atoms with Crippen LogP contribution < -0.4 is 0 Å². The van der Waals surface area contributed by atoms with E-state index in [1.807, 2.05) is 0 Å². The second-order valence-corrected chi connectivity index (χ2v) is 2.46. The zero-order valence-corrected chi connectivity index (χ0v) is 9.40. The molecule has 0 bridgehead atoms. The topological polar surface area (TPSA) is 37.3 Å². The molecular weight excluding hydrogens is 213 g/mol. The van der Waals surface area contributed by atoms with Crippen LogP contribution in [0.25, 0.3) is 0 Å². The van der Waals surface area contributed by atoms with Gasteiger partial charge >= 0.3 is 5.97 Å². The fourth-order valence-corrected chi connectivity index (χ4v) is 0.837. The number of benzene rings is 1. The molecular formula is C7H3ClF2NaO2. The summed E-state index contributed by atoms with van der Waals surface area (Å²) in [6, 6.07) is 1.17. The summed E-state index contributed by atoms with van der Waals surface area (Å²) in [5.74, 6) is -3.52. The fourth-order valence-electron chi connectivity index (χ4n) is 0.686. The number of carboxylic acid groups (broad SMARTS) is 1. The van der Waals surface area contributed by atoms with Gasteiger partial charge in [0.05, 0.1) is 10.6 Å². The van der Waals surface area contributed by atoms with Crippen LogP contribution >= 0.6 is 11.6 Å². The Morgan fingerprint density at radius 2 is 1.85 bits per heavy atom. The molecule has 0 fully saturated rings. The van der Waals surface area contributed by atoms with Crippen LogP contribution in [0, 0.1) is 11.6 Å². The standard InChI is InChI=1S/C7H3ClF2O2.Na/c8-4-2-5(9)3(7(11)12)1-6(4)10;/h1-2H,(H,11,12);. The Hall–Kier alpha value is -0.160. The van der Waals surface area contributed by atoms with E-state index in [0.717, 1.165) is 0 Å². The summed E-state index contributed by atoms with van der Waals surface area (Å²) in [6.45, 7) is 0. The van der Waals surface area contributed by atoms with Crippen molar-refractivity contribution in [1.82, 2.24) is 0 Å². The van der Waals surface area contributed by atoms with E-state index in [2.05, 4.69) is 0 Å². The molecule has 0 aliphatic heterocycles. The van der Waals surface area contributed by atoms with Crippen LogP contribution in [0.15, 0.2) is 12.1 Å². The number of rotatable bonds is 1. The van der Waals surface area contributed by atoms with E-state index in [1.54, 1.807) is 0 Å². The van der Waals surface area contributed by atoms with Crippen LogP contribution in [-0.2, 0) is 0 Å². The predicted molar refractivity (Wildman–Crippen MR) is 44.1 cm³/mol. The van der Waals surface area contributed by atoms with Gasteiger partial charge in [0.15, 0.2) is 0 Å². The van der Waals surface area contributed by atoms with Crippen LogP contribution in [0.5, 0.6) is 0 Å². The summed E-state index contributed by atoms with van der Waals surface area (Å²) in [6.07, 6.45) is 0. The molecule has 0 amide bonds. The summed E-state index contributed by atoms with van der Waals surface area (Å²) < 4.78 is 25.2. The number of hydrogen-bond donors (Lipinski definition) is 1. The van der Waals surface area contributed by atoms with E-state index in [0.29, 0.717) is 12.1 Å². The summed E-state index contributed by atoms with van der Waals surface area (Å²) in [5, 5.41) is 7.90. The number of aromatic carboxylic acids is 1. The Balaban J connectivity index is 0.00000144.